The fourth-order valence-corrected chi connectivity index (χ4v) is 2.62. The van der Waals surface area contributed by atoms with Crippen molar-refractivity contribution in [1.29, 1.82) is 0 Å². The fraction of sp³-hybridized carbons (Fsp3) is 0.143. The molecule has 5 heteroatoms. The highest BCUT2D eigenvalue weighted by atomic mass is 35.5. The number of benzene rings is 2. The molecule has 4 nitrogen and oxygen atoms in total. The van der Waals surface area contributed by atoms with Gasteiger partial charge in [-0.3, -0.25) is 9.88 Å². The molecule has 0 saturated carbocycles. The minimum Gasteiger partial charge on any atom is -0.327 e. The van der Waals surface area contributed by atoms with Gasteiger partial charge in [0.25, 0.3) is 0 Å². The lowest BCUT2D eigenvalue weighted by atomic mass is 10.2. The van der Waals surface area contributed by atoms with E-state index in [0.717, 1.165) is 23.5 Å². The molecule has 1 aromatic heterocycles. The Bertz CT molecular complexity index is 758. The third-order valence-electron chi connectivity index (χ3n) is 3.98. The van der Waals surface area contributed by atoms with Crippen molar-refractivity contribution < 1.29 is 4.79 Å². The molecular weight excluding hydrogens is 346 g/mol. The maximum atomic E-state index is 13.1. The summed E-state index contributed by atoms with van der Waals surface area (Å²) in [6, 6.07) is 25.2. The van der Waals surface area contributed by atoms with Gasteiger partial charge in [0, 0.05) is 31.9 Å². The topological polar surface area (TPSA) is 36.4 Å². The van der Waals surface area contributed by atoms with Gasteiger partial charge in [-0.1, -0.05) is 42.5 Å². The Morgan fingerprint density at radius 1 is 0.846 bits per heavy atom. The molecule has 0 N–H and O–H groups in total. The van der Waals surface area contributed by atoms with E-state index in [-0.39, 0.29) is 18.4 Å². The number of halogens is 1. The molecule has 0 spiro atoms. The van der Waals surface area contributed by atoms with Crippen molar-refractivity contribution >= 4 is 29.8 Å². The van der Waals surface area contributed by atoms with Crippen LogP contribution in [0.3, 0.4) is 0 Å². The third-order valence-corrected chi connectivity index (χ3v) is 3.98. The average molecular weight is 368 g/mol. The lowest BCUT2D eigenvalue weighted by molar-refractivity contribution is 0.218. The molecule has 3 aromatic rings. The number of amides is 2. The Hall–Kier alpha value is -2.85. The van der Waals surface area contributed by atoms with E-state index in [9.17, 15) is 4.79 Å². The molecule has 0 aliphatic rings. The lowest BCUT2D eigenvalue weighted by Crippen LogP contribution is -2.39. The molecule has 0 aliphatic carbocycles. The largest absolute Gasteiger partial charge is 0.328 e. The Labute approximate surface area is 160 Å². The van der Waals surface area contributed by atoms with E-state index in [4.69, 9.17) is 0 Å². The molecule has 26 heavy (non-hydrogen) atoms. The normalized spacial score (nSPS) is 9.88. The van der Waals surface area contributed by atoms with E-state index in [1.807, 2.05) is 85.9 Å². The molecule has 0 saturated heterocycles. The molecule has 0 fully saturated rings. The molecule has 0 unspecified atom stereocenters. The summed E-state index contributed by atoms with van der Waals surface area (Å²) in [5.74, 6) is 0. The maximum Gasteiger partial charge on any atom is 0.328 e. The van der Waals surface area contributed by atoms with Gasteiger partial charge >= 0.3 is 6.03 Å². The van der Waals surface area contributed by atoms with Crippen LogP contribution in [0.25, 0.3) is 0 Å². The second kappa shape index (κ2) is 9.59. The van der Waals surface area contributed by atoms with Crippen LogP contribution in [0.2, 0.25) is 0 Å². The highest BCUT2D eigenvalue weighted by Crippen LogP contribution is 2.26. The number of para-hydroxylation sites is 2. The Balaban J connectivity index is 0.00000243. The first kappa shape index (κ1) is 19.5. The molecule has 2 aromatic carbocycles. The van der Waals surface area contributed by atoms with E-state index >= 15 is 0 Å². The number of anilines is 2. The predicted molar refractivity (Wildman–Crippen MR) is 108 cm³/mol. The van der Waals surface area contributed by atoms with Crippen molar-refractivity contribution in [1.82, 2.24) is 9.88 Å². The van der Waals surface area contributed by atoms with Gasteiger partial charge in [0.1, 0.15) is 0 Å². The highest BCUT2D eigenvalue weighted by molar-refractivity contribution is 5.99. The Kier molecular flexibility index (Phi) is 7.18. The minimum absolute atomic E-state index is 0. The van der Waals surface area contributed by atoms with Crippen LogP contribution in [0.5, 0.6) is 0 Å². The number of nitrogens with zero attached hydrogens (tertiary/aromatic N) is 3. The number of carbonyl (C=O) groups excluding carboxylic acids is 1. The third kappa shape index (κ3) is 4.83. The fourth-order valence-electron chi connectivity index (χ4n) is 2.62. The zero-order valence-corrected chi connectivity index (χ0v) is 15.5. The quantitative estimate of drug-likeness (QED) is 0.640. The summed E-state index contributed by atoms with van der Waals surface area (Å²) < 4.78 is 0. The van der Waals surface area contributed by atoms with Gasteiger partial charge in [-0.25, -0.2) is 4.79 Å². The number of aromatic nitrogens is 1. The Morgan fingerprint density at radius 3 is 1.88 bits per heavy atom. The van der Waals surface area contributed by atoms with Gasteiger partial charge in [-0.2, -0.15) is 0 Å². The second-order valence-corrected chi connectivity index (χ2v) is 5.78. The molecule has 0 bridgehead atoms. The average Bonchev–Trinajstić information content (AvgIpc) is 2.69. The van der Waals surface area contributed by atoms with Crippen molar-refractivity contribution in [2.75, 3.05) is 18.5 Å². The van der Waals surface area contributed by atoms with E-state index in [2.05, 4.69) is 4.98 Å². The van der Waals surface area contributed by atoms with E-state index < -0.39 is 0 Å². The summed E-state index contributed by atoms with van der Waals surface area (Å²) in [5, 5.41) is 0. The Morgan fingerprint density at radius 2 is 1.38 bits per heavy atom. The van der Waals surface area contributed by atoms with Gasteiger partial charge in [-0.05, 0) is 36.4 Å². The SMILES string of the molecule is CN(CCc1ccccn1)C(=O)N(c1ccccc1)c1ccccc1.Cl. The summed E-state index contributed by atoms with van der Waals surface area (Å²) in [5.41, 5.74) is 2.68. The maximum absolute atomic E-state index is 13.1. The summed E-state index contributed by atoms with van der Waals surface area (Å²) in [6.45, 7) is 0.603. The minimum atomic E-state index is -0.0617. The van der Waals surface area contributed by atoms with Crippen LogP contribution in [-0.2, 0) is 6.42 Å². The van der Waals surface area contributed by atoms with E-state index in [1.165, 1.54) is 0 Å². The van der Waals surface area contributed by atoms with Crippen LogP contribution in [-0.4, -0.2) is 29.5 Å². The first-order valence-corrected chi connectivity index (χ1v) is 8.31. The zero-order chi connectivity index (χ0) is 17.5. The number of hydrogen-bond donors (Lipinski definition) is 0. The molecular formula is C21H22ClN3O. The standard InChI is InChI=1S/C21H21N3O.ClH/c1-23(17-15-18-10-8-9-16-22-18)21(25)24(19-11-4-2-5-12-19)20-13-6-3-7-14-20;/h2-14,16H,15,17H2,1H3;1H. The van der Waals surface area contributed by atoms with E-state index in [0.29, 0.717) is 6.54 Å². The van der Waals surface area contributed by atoms with E-state index in [1.54, 1.807) is 16.0 Å². The molecule has 0 radical (unpaired) electrons. The van der Waals surface area contributed by atoms with Gasteiger partial charge in [0.15, 0.2) is 0 Å². The molecule has 0 atom stereocenters. The van der Waals surface area contributed by atoms with Crippen LogP contribution < -0.4 is 4.90 Å². The van der Waals surface area contributed by atoms with Crippen molar-refractivity contribution in [3.63, 3.8) is 0 Å². The lowest BCUT2D eigenvalue weighted by Gasteiger charge is -2.28. The van der Waals surface area contributed by atoms with Crippen molar-refractivity contribution in [3.8, 4) is 0 Å². The van der Waals surface area contributed by atoms with Crippen molar-refractivity contribution in [2.24, 2.45) is 0 Å². The summed E-state index contributed by atoms with van der Waals surface area (Å²) in [7, 11) is 1.82. The number of hydrogen-bond acceptors (Lipinski definition) is 2. The van der Waals surface area contributed by atoms with Gasteiger partial charge in [0.2, 0.25) is 0 Å². The monoisotopic (exact) mass is 367 g/mol. The number of rotatable bonds is 5. The smallest absolute Gasteiger partial charge is 0.327 e. The van der Waals surface area contributed by atoms with Gasteiger partial charge < -0.3 is 4.90 Å². The molecule has 3 rings (SSSR count). The molecule has 0 aliphatic heterocycles. The second-order valence-electron chi connectivity index (χ2n) is 5.78. The summed E-state index contributed by atoms with van der Waals surface area (Å²) in [6.07, 6.45) is 2.50. The highest BCUT2D eigenvalue weighted by Gasteiger charge is 2.21. The number of likely N-dealkylation sites (N-methyl/N-ethyl adjacent to an activating group) is 1. The first-order chi connectivity index (χ1) is 12.3. The van der Waals surface area contributed by atoms with Crippen LogP contribution >= 0.6 is 12.4 Å². The van der Waals surface area contributed by atoms with Crippen LogP contribution in [0.15, 0.2) is 85.1 Å². The summed E-state index contributed by atoms with van der Waals surface area (Å²) >= 11 is 0. The summed E-state index contributed by atoms with van der Waals surface area (Å²) in [4.78, 5) is 20.9. The molecule has 134 valence electrons. The van der Waals surface area contributed by atoms with Crippen LogP contribution in [0, 0.1) is 0 Å². The van der Waals surface area contributed by atoms with Crippen molar-refractivity contribution in [2.45, 2.75) is 6.42 Å². The number of carbonyl (C=O) groups is 1. The zero-order valence-electron chi connectivity index (χ0n) is 14.7. The number of pyridine rings is 1. The molecule has 2 amide bonds. The van der Waals surface area contributed by atoms with Gasteiger partial charge in [0.05, 0.1) is 11.4 Å². The van der Waals surface area contributed by atoms with Gasteiger partial charge in [-0.15, -0.1) is 12.4 Å². The first-order valence-electron chi connectivity index (χ1n) is 8.31. The number of urea groups is 1. The van der Waals surface area contributed by atoms with Crippen LogP contribution in [0.4, 0.5) is 16.2 Å². The predicted octanol–water partition coefficient (Wildman–Crippen LogP) is 4.94. The van der Waals surface area contributed by atoms with Crippen LogP contribution in [0.1, 0.15) is 5.69 Å². The molecule has 1 heterocycles. The van der Waals surface area contributed by atoms with Crippen molar-refractivity contribution in [3.05, 3.63) is 90.8 Å².